The number of hydrogen-bond donors (Lipinski definition) is 0. The molecule has 0 fully saturated rings. The van der Waals surface area contributed by atoms with Gasteiger partial charge in [-0.2, -0.15) is 0 Å². The van der Waals surface area contributed by atoms with Gasteiger partial charge in [-0.05, 0) is 83.1 Å². The molecule has 0 amide bonds. The van der Waals surface area contributed by atoms with Crippen molar-refractivity contribution < 1.29 is 0 Å². The number of nitrogens with zero attached hydrogens (tertiary/aromatic N) is 4. The molecule has 0 atom stereocenters. The maximum absolute atomic E-state index is 2.58. The maximum atomic E-state index is 2.58. The molecule has 270 valence electrons. The first-order valence-electron chi connectivity index (χ1n) is 20.6. The summed E-state index contributed by atoms with van der Waals surface area (Å²) < 4.78 is 5.06. The second kappa shape index (κ2) is 10.6. The first-order chi connectivity index (χ1) is 29.3. The molecule has 13 aromatic rings. The van der Waals surface area contributed by atoms with Crippen molar-refractivity contribution in [1.82, 2.24) is 8.80 Å². The standard InChI is InChI=1S/C54H31BN4/c1-3-16-32(17-4-1)56-45-28-15-29-46-50(45)55(51-47(56)31-39-35-21-8-12-25-42(35)58-43-26-13-9-22-36(43)48(51)52(39)58)40-30-38-34-20-7-11-24-41(34)59-44-27-14-10-23-37(44)49(53(38)59)54(40)57(46)33-18-5-2-6-19-33/h1-31H. The summed E-state index contributed by atoms with van der Waals surface area (Å²) in [6.07, 6.45) is 0. The number of benzene rings is 9. The average Bonchev–Trinajstić information content (AvgIpc) is 4.03. The molecule has 6 heterocycles. The van der Waals surface area contributed by atoms with Gasteiger partial charge in [0.25, 0.3) is 6.71 Å². The molecule has 2 aliphatic heterocycles. The number of hydrogen-bond acceptors (Lipinski definition) is 2. The lowest BCUT2D eigenvalue weighted by Gasteiger charge is -2.44. The summed E-state index contributed by atoms with van der Waals surface area (Å²) in [6.45, 7) is -0.0568. The van der Waals surface area contributed by atoms with Gasteiger partial charge in [-0.15, -0.1) is 0 Å². The van der Waals surface area contributed by atoms with Crippen LogP contribution in [0, 0.1) is 0 Å². The Kier molecular flexibility index (Phi) is 5.46. The van der Waals surface area contributed by atoms with Crippen LogP contribution in [0.5, 0.6) is 0 Å². The fourth-order valence-corrected chi connectivity index (χ4v) is 11.6. The van der Waals surface area contributed by atoms with E-state index in [1.165, 1.54) is 115 Å². The van der Waals surface area contributed by atoms with Crippen molar-refractivity contribution in [3.8, 4) is 0 Å². The van der Waals surface area contributed by atoms with Gasteiger partial charge in [0.15, 0.2) is 0 Å². The Hall–Kier alpha value is -7.76. The quantitative estimate of drug-likeness (QED) is 0.164. The van der Waals surface area contributed by atoms with E-state index in [9.17, 15) is 0 Å². The van der Waals surface area contributed by atoms with E-state index in [4.69, 9.17) is 0 Å². The van der Waals surface area contributed by atoms with E-state index in [0.717, 1.165) is 11.4 Å². The molecule has 5 heteroatoms. The number of rotatable bonds is 2. The van der Waals surface area contributed by atoms with Crippen molar-refractivity contribution in [2.75, 3.05) is 9.80 Å². The summed E-state index contributed by atoms with van der Waals surface area (Å²) in [5, 5.41) is 10.4. The Balaban J connectivity index is 1.22. The van der Waals surface area contributed by atoms with Gasteiger partial charge in [-0.25, -0.2) is 0 Å². The summed E-state index contributed by atoms with van der Waals surface area (Å²) in [6, 6.07) is 70.2. The van der Waals surface area contributed by atoms with Gasteiger partial charge in [0.1, 0.15) is 0 Å². The summed E-state index contributed by atoms with van der Waals surface area (Å²) in [5.74, 6) is 0. The predicted octanol–water partition coefficient (Wildman–Crippen LogP) is 12.1. The molecular formula is C54H31BN4. The Morgan fingerprint density at radius 3 is 1.39 bits per heavy atom. The van der Waals surface area contributed by atoms with Crippen LogP contribution in [0.4, 0.5) is 34.1 Å². The van der Waals surface area contributed by atoms with Crippen molar-refractivity contribution in [2.24, 2.45) is 0 Å². The Morgan fingerprint density at radius 1 is 0.322 bits per heavy atom. The molecule has 9 aromatic carbocycles. The second-order valence-corrected chi connectivity index (χ2v) is 16.4. The molecular weight excluding hydrogens is 715 g/mol. The second-order valence-electron chi connectivity index (χ2n) is 16.4. The molecule has 0 radical (unpaired) electrons. The normalized spacial score (nSPS) is 13.7. The summed E-state index contributed by atoms with van der Waals surface area (Å²) in [4.78, 5) is 5.14. The van der Waals surface area contributed by atoms with Crippen LogP contribution < -0.4 is 26.2 Å². The zero-order valence-corrected chi connectivity index (χ0v) is 31.8. The minimum Gasteiger partial charge on any atom is -0.311 e. The highest BCUT2D eigenvalue weighted by Gasteiger charge is 2.46. The molecule has 0 unspecified atom stereocenters. The zero-order valence-electron chi connectivity index (χ0n) is 31.8. The summed E-state index contributed by atoms with van der Waals surface area (Å²) in [7, 11) is 0. The largest absolute Gasteiger partial charge is 0.311 e. The molecule has 2 aliphatic rings. The van der Waals surface area contributed by atoms with Gasteiger partial charge in [0.05, 0.1) is 38.8 Å². The lowest BCUT2D eigenvalue weighted by Crippen LogP contribution is -2.61. The SMILES string of the molecule is c1ccc(N2c3cccc4c3B(c3cc5c6ccccc6n6c7ccccc7c(c3N4c3ccccc3)c56)c3c2cc2c4ccccc4n4c5ccccc5c3c24)cc1. The van der Waals surface area contributed by atoms with Gasteiger partial charge in [-0.1, -0.05) is 121 Å². The molecule has 15 rings (SSSR count). The van der Waals surface area contributed by atoms with E-state index in [-0.39, 0.29) is 6.71 Å². The third kappa shape index (κ3) is 3.52. The van der Waals surface area contributed by atoms with Crippen molar-refractivity contribution >= 4 is 133 Å². The Labute approximate surface area is 338 Å². The van der Waals surface area contributed by atoms with E-state index in [2.05, 4.69) is 207 Å². The average molecular weight is 747 g/mol. The van der Waals surface area contributed by atoms with Gasteiger partial charge >= 0.3 is 0 Å². The van der Waals surface area contributed by atoms with Crippen LogP contribution in [0.1, 0.15) is 0 Å². The zero-order chi connectivity index (χ0) is 38.1. The van der Waals surface area contributed by atoms with Crippen LogP contribution in [-0.2, 0) is 0 Å². The third-order valence-corrected chi connectivity index (χ3v) is 13.7. The predicted molar refractivity (Wildman–Crippen MR) is 250 cm³/mol. The van der Waals surface area contributed by atoms with Crippen molar-refractivity contribution in [1.29, 1.82) is 0 Å². The third-order valence-electron chi connectivity index (χ3n) is 13.7. The minimum atomic E-state index is -0.0568. The first kappa shape index (κ1) is 30.4. The van der Waals surface area contributed by atoms with Gasteiger partial charge in [0, 0.05) is 71.5 Å². The monoisotopic (exact) mass is 746 g/mol. The van der Waals surface area contributed by atoms with Crippen LogP contribution in [0.15, 0.2) is 188 Å². The smallest absolute Gasteiger partial charge is 0.253 e. The van der Waals surface area contributed by atoms with Crippen LogP contribution >= 0.6 is 0 Å². The molecule has 0 saturated heterocycles. The maximum Gasteiger partial charge on any atom is 0.253 e. The Morgan fingerprint density at radius 2 is 0.780 bits per heavy atom. The van der Waals surface area contributed by atoms with Gasteiger partial charge in [-0.3, -0.25) is 0 Å². The van der Waals surface area contributed by atoms with Crippen molar-refractivity contribution in [2.45, 2.75) is 0 Å². The van der Waals surface area contributed by atoms with Crippen LogP contribution in [-0.4, -0.2) is 15.5 Å². The number of aromatic nitrogens is 2. The molecule has 0 saturated carbocycles. The number of fused-ring (bicyclic) bond motifs is 18. The number of para-hydroxylation sites is 6. The molecule has 0 N–H and O–H groups in total. The molecule has 0 bridgehead atoms. The Bertz CT molecular complexity index is 3920. The highest BCUT2D eigenvalue weighted by atomic mass is 15.2. The fraction of sp³-hybridized carbons (Fsp3) is 0. The summed E-state index contributed by atoms with van der Waals surface area (Å²) in [5.41, 5.74) is 18.9. The fourth-order valence-electron chi connectivity index (χ4n) is 11.6. The number of anilines is 6. The van der Waals surface area contributed by atoms with E-state index >= 15 is 0 Å². The first-order valence-corrected chi connectivity index (χ1v) is 20.6. The van der Waals surface area contributed by atoms with Crippen LogP contribution in [0.3, 0.4) is 0 Å². The van der Waals surface area contributed by atoms with Gasteiger partial charge in [0.2, 0.25) is 0 Å². The van der Waals surface area contributed by atoms with Crippen LogP contribution in [0.2, 0.25) is 0 Å². The van der Waals surface area contributed by atoms with Crippen LogP contribution in [0.25, 0.3) is 76.2 Å². The lowest BCUT2D eigenvalue weighted by molar-refractivity contribution is 1.26. The molecule has 4 nitrogen and oxygen atoms in total. The van der Waals surface area contributed by atoms with E-state index < -0.39 is 0 Å². The van der Waals surface area contributed by atoms with Crippen molar-refractivity contribution in [3.05, 3.63) is 188 Å². The molecule has 0 aliphatic carbocycles. The highest BCUT2D eigenvalue weighted by Crippen LogP contribution is 2.52. The van der Waals surface area contributed by atoms with Crippen molar-refractivity contribution in [3.63, 3.8) is 0 Å². The molecule has 0 spiro atoms. The lowest BCUT2D eigenvalue weighted by atomic mass is 9.32. The minimum absolute atomic E-state index is 0.0568. The van der Waals surface area contributed by atoms with E-state index in [0.29, 0.717) is 0 Å². The molecule has 4 aromatic heterocycles. The summed E-state index contributed by atoms with van der Waals surface area (Å²) >= 11 is 0. The van der Waals surface area contributed by atoms with E-state index in [1.54, 1.807) is 0 Å². The molecule has 59 heavy (non-hydrogen) atoms. The van der Waals surface area contributed by atoms with Gasteiger partial charge < -0.3 is 18.6 Å². The highest BCUT2D eigenvalue weighted by molar-refractivity contribution is 7.02. The van der Waals surface area contributed by atoms with E-state index in [1.807, 2.05) is 0 Å². The topological polar surface area (TPSA) is 15.3 Å².